The summed E-state index contributed by atoms with van der Waals surface area (Å²) in [5.41, 5.74) is 3.06. The van der Waals surface area contributed by atoms with Crippen molar-refractivity contribution in [3.63, 3.8) is 0 Å². The number of nitrogens with zero attached hydrogens (tertiary/aromatic N) is 2. The van der Waals surface area contributed by atoms with Crippen molar-refractivity contribution in [2.24, 2.45) is 0 Å². The minimum Gasteiger partial charge on any atom is -0.351 e. The Bertz CT molecular complexity index is 785. The van der Waals surface area contributed by atoms with Crippen LogP contribution in [0.5, 0.6) is 0 Å². The second-order valence-electron chi connectivity index (χ2n) is 4.81. The number of carbonyl (C=O) groups excluding carboxylic acids is 1. The highest BCUT2D eigenvalue weighted by atomic mass is 32.2. The predicted molar refractivity (Wildman–Crippen MR) is 90.0 cm³/mol. The van der Waals surface area contributed by atoms with Crippen molar-refractivity contribution in [1.82, 2.24) is 20.5 Å². The first-order valence-electron chi connectivity index (χ1n) is 6.96. The third-order valence-electron chi connectivity index (χ3n) is 3.33. The van der Waals surface area contributed by atoms with Gasteiger partial charge in [-0.2, -0.15) is 16.9 Å². The molecule has 6 heteroatoms. The summed E-state index contributed by atoms with van der Waals surface area (Å²) in [5.74, 6) is 0.784. The number of benzene rings is 1. The van der Waals surface area contributed by atoms with E-state index in [-0.39, 0.29) is 5.91 Å². The van der Waals surface area contributed by atoms with E-state index in [0.717, 1.165) is 22.4 Å². The van der Waals surface area contributed by atoms with Crippen LogP contribution in [-0.4, -0.2) is 39.6 Å². The van der Waals surface area contributed by atoms with Gasteiger partial charge in [0, 0.05) is 29.4 Å². The Morgan fingerprint density at radius 3 is 2.91 bits per heavy atom. The fourth-order valence-electron chi connectivity index (χ4n) is 2.22. The Morgan fingerprint density at radius 1 is 1.32 bits per heavy atom. The molecule has 112 valence electrons. The van der Waals surface area contributed by atoms with Crippen molar-refractivity contribution in [3.05, 3.63) is 48.2 Å². The zero-order valence-corrected chi connectivity index (χ0v) is 13.0. The lowest BCUT2D eigenvalue weighted by molar-refractivity contribution is 0.0956. The molecule has 3 aromatic rings. The number of rotatable bonds is 5. The molecule has 0 saturated heterocycles. The average Bonchev–Trinajstić information content (AvgIpc) is 2.99. The summed E-state index contributed by atoms with van der Waals surface area (Å²) < 4.78 is 0. The molecule has 0 unspecified atom stereocenters. The lowest BCUT2D eigenvalue weighted by Crippen LogP contribution is -2.25. The van der Waals surface area contributed by atoms with Crippen LogP contribution in [0.4, 0.5) is 0 Å². The Kier molecular flexibility index (Phi) is 4.39. The van der Waals surface area contributed by atoms with Crippen LogP contribution in [-0.2, 0) is 0 Å². The Balaban J connectivity index is 1.93. The second-order valence-corrected chi connectivity index (χ2v) is 5.79. The maximum Gasteiger partial charge on any atom is 0.252 e. The van der Waals surface area contributed by atoms with Gasteiger partial charge >= 0.3 is 0 Å². The third kappa shape index (κ3) is 2.96. The molecule has 2 aromatic heterocycles. The molecule has 0 saturated carbocycles. The number of H-pyrrole nitrogens is 1. The number of thioether (sulfide) groups is 1. The normalized spacial score (nSPS) is 10.8. The molecule has 2 N–H and O–H groups in total. The number of pyridine rings is 1. The third-order valence-corrected chi connectivity index (χ3v) is 3.94. The molecule has 5 nitrogen and oxygen atoms in total. The summed E-state index contributed by atoms with van der Waals surface area (Å²) in [6.45, 7) is 0.648. The lowest BCUT2D eigenvalue weighted by atomic mass is 10.1. The van der Waals surface area contributed by atoms with Gasteiger partial charge in [0.25, 0.3) is 5.91 Å². The SMILES string of the molecule is CSCCNC(=O)c1cnc2n[nH]c(-c3ccccc3)c2c1. The molecule has 3 rings (SSSR count). The van der Waals surface area contributed by atoms with Gasteiger partial charge in [0.2, 0.25) is 0 Å². The quantitative estimate of drug-likeness (QED) is 0.711. The van der Waals surface area contributed by atoms with Crippen LogP contribution < -0.4 is 5.32 Å². The zero-order valence-electron chi connectivity index (χ0n) is 12.2. The summed E-state index contributed by atoms with van der Waals surface area (Å²) in [7, 11) is 0. The van der Waals surface area contributed by atoms with Gasteiger partial charge in [-0.3, -0.25) is 9.89 Å². The lowest BCUT2D eigenvalue weighted by Gasteiger charge is -2.04. The van der Waals surface area contributed by atoms with Gasteiger partial charge in [-0.1, -0.05) is 30.3 Å². The van der Waals surface area contributed by atoms with E-state index in [2.05, 4.69) is 20.5 Å². The minimum absolute atomic E-state index is 0.108. The van der Waals surface area contributed by atoms with Gasteiger partial charge in [-0.15, -0.1) is 0 Å². The summed E-state index contributed by atoms with van der Waals surface area (Å²) in [4.78, 5) is 16.4. The molecule has 0 fully saturated rings. The van der Waals surface area contributed by atoms with Gasteiger partial charge < -0.3 is 5.32 Å². The van der Waals surface area contributed by atoms with Gasteiger partial charge in [0.15, 0.2) is 5.65 Å². The standard InChI is InChI=1S/C16H16N4OS/c1-22-8-7-17-16(21)12-9-13-14(11-5-3-2-4-6-11)19-20-15(13)18-10-12/h2-6,9-10H,7-8H2,1H3,(H,17,21)(H,18,19,20). The van der Waals surface area contributed by atoms with Crippen LogP contribution in [0.2, 0.25) is 0 Å². The van der Waals surface area contributed by atoms with Crippen molar-refractivity contribution < 1.29 is 4.79 Å². The number of carbonyl (C=O) groups is 1. The molecule has 2 heterocycles. The van der Waals surface area contributed by atoms with Gasteiger partial charge in [-0.05, 0) is 12.3 Å². The summed E-state index contributed by atoms with van der Waals surface area (Å²) >= 11 is 1.70. The van der Waals surface area contributed by atoms with Crippen molar-refractivity contribution in [2.75, 3.05) is 18.6 Å². The van der Waals surface area contributed by atoms with E-state index in [1.807, 2.05) is 42.7 Å². The topological polar surface area (TPSA) is 70.7 Å². The first-order valence-corrected chi connectivity index (χ1v) is 8.35. The van der Waals surface area contributed by atoms with Crippen molar-refractivity contribution >= 4 is 28.7 Å². The highest BCUT2D eigenvalue weighted by Gasteiger charge is 2.12. The number of hydrogen-bond donors (Lipinski definition) is 2. The van der Waals surface area contributed by atoms with Crippen molar-refractivity contribution in [3.8, 4) is 11.3 Å². The van der Waals surface area contributed by atoms with Crippen LogP contribution in [0.3, 0.4) is 0 Å². The molecular weight excluding hydrogens is 296 g/mol. The molecule has 1 amide bonds. The fraction of sp³-hybridized carbons (Fsp3) is 0.188. The molecule has 0 spiro atoms. The van der Waals surface area contributed by atoms with Gasteiger partial charge in [0.1, 0.15) is 0 Å². The van der Waals surface area contributed by atoms with E-state index in [0.29, 0.717) is 17.8 Å². The smallest absolute Gasteiger partial charge is 0.252 e. The van der Waals surface area contributed by atoms with Crippen LogP contribution in [0.15, 0.2) is 42.6 Å². The first kappa shape index (κ1) is 14.6. The Hall–Kier alpha value is -2.34. The molecule has 0 radical (unpaired) electrons. The second kappa shape index (κ2) is 6.62. The highest BCUT2D eigenvalue weighted by molar-refractivity contribution is 7.98. The van der Waals surface area contributed by atoms with Crippen LogP contribution in [0.1, 0.15) is 10.4 Å². The molecule has 0 atom stereocenters. The van der Waals surface area contributed by atoms with E-state index in [1.54, 1.807) is 18.0 Å². The highest BCUT2D eigenvalue weighted by Crippen LogP contribution is 2.25. The fourth-order valence-corrected chi connectivity index (χ4v) is 2.52. The number of aromatic amines is 1. The van der Waals surface area contributed by atoms with E-state index in [4.69, 9.17) is 0 Å². The number of fused-ring (bicyclic) bond motifs is 1. The summed E-state index contributed by atoms with van der Waals surface area (Å²) in [6, 6.07) is 11.7. The van der Waals surface area contributed by atoms with Crippen molar-refractivity contribution in [2.45, 2.75) is 0 Å². The molecule has 0 aliphatic rings. The summed E-state index contributed by atoms with van der Waals surface area (Å²) in [6.07, 6.45) is 3.57. The van der Waals surface area contributed by atoms with Crippen molar-refractivity contribution in [1.29, 1.82) is 0 Å². The molecule has 0 aliphatic heterocycles. The monoisotopic (exact) mass is 312 g/mol. The Morgan fingerprint density at radius 2 is 2.14 bits per heavy atom. The largest absolute Gasteiger partial charge is 0.351 e. The maximum absolute atomic E-state index is 12.1. The van der Waals surface area contributed by atoms with E-state index >= 15 is 0 Å². The van der Waals surface area contributed by atoms with E-state index in [1.165, 1.54) is 0 Å². The minimum atomic E-state index is -0.108. The molecular formula is C16H16N4OS. The number of aromatic nitrogens is 3. The maximum atomic E-state index is 12.1. The molecule has 1 aromatic carbocycles. The number of nitrogens with one attached hydrogen (secondary N) is 2. The van der Waals surface area contributed by atoms with Crippen LogP contribution in [0.25, 0.3) is 22.3 Å². The van der Waals surface area contributed by atoms with E-state index < -0.39 is 0 Å². The van der Waals surface area contributed by atoms with Crippen LogP contribution in [0, 0.1) is 0 Å². The first-order chi connectivity index (χ1) is 10.8. The van der Waals surface area contributed by atoms with Gasteiger partial charge in [-0.25, -0.2) is 4.98 Å². The molecule has 22 heavy (non-hydrogen) atoms. The predicted octanol–water partition coefficient (Wildman–Crippen LogP) is 2.72. The molecule has 0 bridgehead atoms. The van der Waals surface area contributed by atoms with Gasteiger partial charge in [0.05, 0.1) is 11.3 Å². The van der Waals surface area contributed by atoms with Crippen LogP contribution >= 0.6 is 11.8 Å². The average molecular weight is 312 g/mol. The zero-order chi connectivity index (χ0) is 15.4. The Labute approximate surface area is 132 Å². The van der Waals surface area contributed by atoms with E-state index in [9.17, 15) is 4.79 Å². The number of amides is 1. The molecule has 0 aliphatic carbocycles. The number of hydrogen-bond acceptors (Lipinski definition) is 4. The summed E-state index contributed by atoms with van der Waals surface area (Å²) in [5, 5.41) is 10.9.